The summed E-state index contributed by atoms with van der Waals surface area (Å²) < 4.78 is 5.29. The first kappa shape index (κ1) is 17.5. The van der Waals surface area contributed by atoms with Crippen molar-refractivity contribution in [2.45, 2.75) is 51.1 Å². The topological polar surface area (TPSA) is 87.5 Å². The zero-order valence-corrected chi connectivity index (χ0v) is 14.3. The number of likely N-dealkylation sites (tertiary alicyclic amines) is 1. The van der Waals surface area contributed by atoms with Crippen LogP contribution in [0.15, 0.2) is 10.8 Å². The van der Waals surface area contributed by atoms with Gasteiger partial charge in [-0.1, -0.05) is 13.8 Å². The third-order valence-corrected chi connectivity index (χ3v) is 4.52. The van der Waals surface area contributed by atoms with Gasteiger partial charge in [-0.2, -0.15) is 0 Å². The number of hydrogen-bond donors (Lipinski definition) is 2. The molecule has 0 unspecified atom stereocenters. The van der Waals surface area contributed by atoms with Crippen molar-refractivity contribution >= 4 is 11.8 Å². The van der Waals surface area contributed by atoms with E-state index in [1.807, 2.05) is 20.9 Å². The van der Waals surface area contributed by atoms with Crippen molar-refractivity contribution in [1.82, 2.24) is 20.5 Å². The zero-order chi connectivity index (χ0) is 17.0. The molecule has 0 aliphatic carbocycles. The van der Waals surface area contributed by atoms with Crippen molar-refractivity contribution < 1.29 is 14.0 Å². The first-order chi connectivity index (χ1) is 10.9. The third kappa shape index (κ3) is 4.10. The van der Waals surface area contributed by atoms with Crippen LogP contribution in [-0.2, 0) is 4.79 Å². The van der Waals surface area contributed by atoms with E-state index in [1.54, 1.807) is 7.05 Å². The summed E-state index contributed by atoms with van der Waals surface area (Å²) >= 11 is 0. The minimum absolute atomic E-state index is 0.0516. The number of nitrogens with zero attached hydrogens (tertiary/aromatic N) is 2. The van der Waals surface area contributed by atoms with Gasteiger partial charge < -0.3 is 15.1 Å². The summed E-state index contributed by atoms with van der Waals surface area (Å²) in [6.45, 7) is 4.47. The number of likely N-dealkylation sites (N-methyl/N-ethyl adjacent to an activating group) is 1. The van der Waals surface area contributed by atoms with Gasteiger partial charge >= 0.3 is 0 Å². The van der Waals surface area contributed by atoms with Gasteiger partial charge in [-0.15, -0.1) is 0 Å². The molecular formula is C16H26N4O3. The average molecular weight is 322 g/mol. The van der Waals surface area contributed by atoms with E-state index in [0.29, 0.717) is 24.4 Å². The highest BCUT2D eigenvalue weighted by Crippen LogP contribution is 2.24. The van der Waals surface area contributed by atoms with E-state index in [2.05, 4.69) is 20.5 Å². The largest absolute Gasteiger partial charge is 0.447 e. The zero-order valence-electron chi connectivity index (χ0n) is 14.3. The van der Waals surface area contributed by atoms with Crippen molar-refractivity contribution in [3.63, 3.8) is 0 Å². The summed E-state index contributed by atoms with van der Waals surface area (Å²) in [4.78, 5) is 30.0. The van der Waals surface area contributed by atoms with E-state index in [4.69, 9.17) is 4.42 Å². The molecule has 0 radical (unpaired) electrons. The molecule has 2 N–H and O–H groups in total. The van der Waals surface area contributed by atoms with Crippen molar-refractivity contribution in [3.8, 4) is 0 Å². The van der Waals surface area contributed by atoms with E-state index < -0.39 is 0 Å². The van der Waals surface area contributed by atoms with E-state index in [0.717, 1.165) is 12.8 Å². The molecule has 0 spiro atoms. The van der Waals surface area contributed by atoms with Crippen LogP contribution in [0.3, 0.4) is 0 Å². The molecule has 128 valence electrons. The number of nitrogens with one attached hydrogen (secondary N) is 2. The molecule has 7 heteroatoms. The van der Waals surface area contributed by atoms with Crippen LogP contribution in [0.4, 0.5) is 0 Å². The van der Waals surface area contributed by atoms with Crippen LogP contribution in [-0.4, -0.2) is 54.4 Å². The lowest BCUT2D eigenvalue weighted by molar-refractivity contribution is -0.121. The summed E-state index contributed by atoms with van der Waals surface area (Å²) in [5, 5.41) is 5.60. The molecule has 1 aromatic heterocycles. The minimum Gasteiger partial charge on any atom is -0.447 e. The first-order valence-corrected chi connectivity index (χ1v) is 8.08. The molecule has 1 saturated heterocycles. The molecule has 2 heterocycles. The van der Waals surface area contributed by atoms with E-state index in [9.17, 15) is 9.59 Å². The van der Waals surface area contributed by atoms with Gasteiger partial charge in [0.15, 0.2) is 12.1 Å². The Hall–Kier alpha value is -1.89. The molecule has 0 aromatic carbocycles. The van der Waals surface area contributed by atoms with Crippen LogP contribution in [0.2, 0.25) is 0 Å². The predicted octanol–water partition coefficient (Wildman–Crippen LogP) is 1.13. The van der Waals surface area contributed by atoms with Crippen LogP contribution < -0.4 is 10.6 Å². The van der Waals surface area contributed by atoms with Gasteiger partial charge in [-0.3, -0.25) is 14.5 Å². The Morgan fingerprint density at radius 1 is 1.39 bits per heavy atom. The fourth-order valence-corrected chi connectivity index (χ4v) is 3.03. The average Bonchev–Trinajstić information content (AvgIpc) is 3.13. The number of hydrogen-bond acceptors (Lipinski definition) is 5. The number of oxazole rings is 1. The predicted molar refractivity (Wildman–Crippen MR) is 86.2 cm³/mol. The van der Waals surface area contributed by atoms with Gasteiger partial charge in [0.05, 0.1) is 0 Å². The van der Waals surface area contributed by atoms with Crippen LogP contribution in [0.1, 0.15) is 55.3 Å². The maximum absolute atomic E-state index is 12.3. The molecule has 1 fully saturated rings. The molecule has 0 bridgehead atoms. The molecule has 2 atom stereocenters. The maximum atomic E-state index is 12.3. The van der Waals surface area contributed by atoms with Gasteiger partial charge in [0.2, 0.25) is 5.91 Å². The van der Waals surface area contributed by atoms with Crippen LogP contribution in [0.25, 0.3) is 0 Å². The Labute approximate surface area is 136 Å². The number of aromatic nitrogens is 1. The van der Waals surface area contributed by atoms with Crippen molar-refractivity contribution in [3.05, 3.63) is 17.8 Å². The molecule has 1 aliphatic heterocycles. The Bertz CT molecular complexity index is 555. The van der Waals surface area contributed by atoms with Crippen LogP contribution in [0, 0.1) is 0 Å². The Kier molecular flexibility index (Phi) is 5.76. The smallest absolute Gasteiger partial charge is 0.273 e. The third-order valence-electron chi connectivity index (χ3n) is 4.52. The second-order valence-electron chi connectivity index (χ2n) is 6.36. The summed E-state index contributed by atoms with van der Waals surface area (Å²) in [7, 11) is 3.66. The highest BCUT2D eigenvalue weighted by molar-refractivity contribution is 5.93. The highest BCUT2D eigenvalue weighted by Gasteiger charge is 2.32. The lowest BCUT2D eigenvalue weighted by atomic mass is 10.1. The number of carbonyl (C=O) groups is 2. The molecule has 2 rings (SSSR count). The lowest BCUT2D eigenvalue weighted by Gasteiger charge is -2.25. The quantitative estimate of drug-likeness (QED) is 0.820. The number of amides is 2. The van der Waals surface area contributed by atoms with Gasteiger partial charge in [-0.25, -0.2) is 4.98 Å². The number of rotatable bonds is 6. The molecule has 2 amide bonds. The Morgan fingerprint density at radius 3 is 2.74 bits per heavy atom. The second kappa shape index (κ2) is 7.59. The van der Waals surface area contributed by atoms with E-state index in [1.165, 1.54) is 6.39 Å². The van der Waals surface area contributed by atoms with Crippen molar-refractivity contribution in [2.75, 3.05) is 20.6 Å². The van der Waals surface area contributed by atoms with Gasteiger partial charge in [0.1, 0.15) is 5.76 Å². The van der Waals surface area contributed by atoms with Crippen molar-refractivity contribution in [1.29, 1.82) is 0 Å². The SMILES string of the molecule is CNC(=O)C[C@H]1CC[C@@H](CNC(=O)c2ncoc2C(C)C)N1C. The Morgan fingerprint density at radius 2 is 2.09 bits per heavy atom. The Balaban J connectivity index is 1.87. The highest BCUT2D eigenvalue weighted by atomic mass is 16.3. The molecule has 1 aromatic rings. The molecular weight excluding hydrogens is 296 g/mol. The van der Waals surface area contributed by atoms with E-state index >= 15 is 0 Å². The van der Waals surface area contributed by atoms with Gasteiger partial charge in [0, 0.05) is 38.0 Å². The van der Waals surface area contributed by atoms with E-state index in [-0.39, 0.29) is 29.8 Å². The monoisotopic (exact) mass is 322 g/mol. The second-order valence-corrected chi connectivity index (χ2v) is 6.36. The first-order valence-electron chi connectivity index (χ1n) is 8.08. The molecule has 1 aliphatic rings. The minimum atomic E-state index is -0.203. The van der Waals surface area contributed by atoms with Crippen LogP contribution >= 0.6 is 0 Å². The molecule has 23 heavy (non-hydrogen) atoms. The lowest BCUT2D eigenvalue weighted by Crippen LogP contribution is -2.42. The normalized spacial score (nSPS) is 21.6. The fourth-order valence-electron chi connectivity index (χ4n) is 3.03. The van der Waals surface area contributed by atoms with Crippen LogP contribution in [0.5, 0.6) is 0 Å². The fraction of sp³-hybridized carbons (Fsp3) is 0.688. The molecule has 7 nitrogen and oxygen atoms in total. The van der Waals surface area contributed by atoms with Crippen molar-refractivity contribution in [2.24, 2.45) is 0 Å². The molecule has 0 saturated carbocycles. The number of carbonyl (C=O) groups excluding carboxylic acids is 2. The van der Waals surface area contributed by atoms with Gasteiger partial charge in [0.25, 0.3) is 5.91 Å². The standard InChI is InChI=1S/C16H26N4O3/c1-10(2)15-14(19-9-23-15)16(22)18-8-12-6-5-11(20(12)4)7-13(21)17-3/h9-12H,5-8H2,1-4H3,(H,17,21)(H,18,22)/t11-,12+/m1/s1. The summed E-state index contributed by atoms with van der Waals surface area (Å²) in [6, 6.07) is 0.470. The summed E-state index contributed by atoms with van der Waals surface area (Å²) in [5.41, 5.74) is 0.363. The maximum Gasteiger partial charge on any atom is 0.273 e. The summed E-state index contributed by atoms with van der Waals surface area (Å²) in [5.74, 6) is 0.574. The summed E-state index contributed by atoms with van der Waals surface area (Å²) in [6.07, 6.45) is 3.74. The van der Waals surface area contributed by atoms with Gasteiger partial charge in [-0.05, 0) is 19.9 Å².